The second-order valence-corrected chi connectivity index (χ2v) is 11.6. The summed E-state index contributed by atoms with van der Waals surface area (Å²) in [5.74, 6) is -1.31. The van der Waals surface area contributed by atoms with E-state index in [1.165, 1.54) is 0 Å². The Morgan fingerprint density at radius 2 is 1.61 bits per heavy atom. The Balaban J connectivity index is 1.70. The highest BCUT2D eigenvalue weighted by atomic mass is 32.2. The van der Waals surface area contributed by atoms with Crippen molar-refractivity contribution in [1.82, 2.24) is 10.0 Å². The van der Waals surface area contributed by atoms with Crippen molar-refractivity contribution in [1.29, 1.82) is 0 Å². The second-order valence-electron chi connectivity index (χ2n) is 9.96. The number of urea groups is 1. The van der Waals surface area contributed by atoms with Crippen LogP contribution in [0.25, 0.3) is 11.1 Å². The highest BCUT2D eigenvalue weighted by molar-refractivity contribution is 7.89. The van der Waals surface area contributed by atoms with Gasteiger partial charge in [0.05, 0.1) is 4.90 Å². The molecule has 0 aliphatic heterocycles. The predicted octanol–water partition coefficient (Wildman–Crippen LogP) is 4.85. The van der Waals surface area contributed by atoms with Gasteiger partial charge in [-0.1, -0.05) is 60.2 Å². The first-order valence-electron chi connectivity index (χ1n) is 12.5. The van der Waals surface area contributed by atoms with E-state index in [0.717, 1.165) is 35.1 Å². The molecule has 1 aliphatic rings. The Morgan fingerprint density at radius 3 is 2.18 bits per heavy atom. The van der Waals surface area contributed by atoms with Gasteiger partial charge in [0.25, 0.3) is 0 Å². The van der Waals surface area contributed by atoms with Gasteiger partial charge in [0.15, 0.2) is 0 Å². The summed E-state index contributed by atoms with van der Waals surface area (Å²) in [6, 6.07) is 15.1. The summed E-state index contributed by atoms with van der Waals surface area (Å²) in [5, 5.41) is 15.8. The van der Waals surface area contributed by atoms with Crippen LogP contribution in [-0.2, 0) is 21.2 Å². The number of carboxylic acids is 1. The molecule has 4 rings (SSSR count). The molecule has 8 nitrogen and oxygen atoms in total. The molecular formula is C29H33N3O5S. The fraction of sp³-hybridized carbons (Fsp3) is 0.310. The number of hydrogen-bond acceptors (Lipinski definition) is 4. The maximum atomic E-state index is 13.3. The second kappa shape index (κ2) is 11.0. The lowest BCUT2D eigenvalue weighted by Crippen LogP contribution is -2.43. The molecule has 0 spiro atoms. The zero-order valence-electron chi connectivity index (χ0n) is 22.0. The van der Waals surface area contributed by atoms with Crippen molar-refractivity contribution in [2.75, 3.05) is 5.32 Å². The molecule has 3 aromatic rings. The van der Waals surface area contributed by atoms with Gasteiger partial charge in [-0.25, -0.2) is 13.2 Å². The Morgan fingerprint density at radius 1 is 0.974 bits per heavy atom. The number of hydrogen-bond donors (Lipinski definition) is 4. The van der Waals surface area contributed by atoms with E-state index in [1.54, 1.807) is 32.0 Å². The van der Waals surface area contributed by atoms with E-state index in [0.29, 0.717) is 22.4 Å². The number of carbonyl (C=O) groups is 2. The number of sulfonamides is 1. The van der Waals surface area contributed by atoms with Crippen LogP contribution in [0.4, 0.5) is 10.5 Å². The van der Waals surface area contributed by atoms with E-state index in [1.807, 2.05) is 50.2 Å². The third-order valence-corrected chi connectivity index (χ3v) is 8.46. The van der Waals surface area contributed by atoms with Crippen molar-refractivity contribution in [3.05, 3.63) is 82.4 Å². The van der Waals surface area contributed by atoms with Crippen molar-refractivity contribution in [2.45, 2.75) is 63.9 Å². The summed E-state index contributed by atoms with van der Waals surface area (Å²) < 4.78 is 29.1. The van der Waals surface area contributed by atoms with Crippen LogP contribution < -0.4 is 15.4 Å². The van der Waals surface area contributed by atoms with Gasteiger partial charge < -0.3 is 15.7 Å². The smallest absolute Gasteiger partial charge is 0.322 e. The molecule has 2 amide bonds. The van der Waals surface area contributed by atoms with Gasteiger partial charge >= 0.3 is 12.0 Å². The largest absolute Gasteiger partial charge is 0.480 e. The molecule has 0 heterocycles. The molecule has 1 fully saturated rings. The minimum absolute atomic E-state index is 0.0760. The van der Waals surface area contributed by atoms with Crippen LogP contribution in [0.15, 0.2) is 59.5 Å². The van der Waals surface area contributed by atoms with Gasteiger partial charge in [-0.3, -0.25) is 4.79 Å². The third-order valence-electron chi connectivity index (χ3n) is 6.68. The maximum absolute atomic E-state index is 13.3. The molecule has 4 N–H and O–H groups in total. The minimum Gasteiger partial charge on any atom is -0.480 e. The van der Waals surface area contributed by atoms with E-state index < -0.39 is 22.0 Å². The molecule has 200 valence electrons. The lowest BCUT2D eigenvalue weighted by molar-refractivity contribution is -0.138. The fourth-order valence-electron chi connectivity index (χ4n) is 4.84. The zero-order chi connectivity index (χ0) is 27.6. The van der Waals surface area contributed by atoms with Crippen LogP contribution in [0.3, 0.4) is 0 Å². The van der Waals surface area contributed by atoms with Crippen molar-refractivity contribution in [3.8, 4) is 11.1 Å². The summed E-state index contributed by atoms with van der Waals surface area (Å²) in [6.45, 7) is 7.11. The monoisotopic (exact) mass is 535 g/mol. The molecule has 0 radical (unpaired) electrons. The van der Waals surface area contributed by atoms with E-state index >= 15 is 0 Å². The predicted molar refractivity (Wildman–Crippen MR) is 148 cm³/mol. The number of nitrogens with one attached hydrogen (secondary N) is 3. The number of amides is 2. The third kappa shape index (κ3) is 6.23. The number of aliphatic carboxylic acids is 1. The summed E-state index contributed by atoms with van der Waals surface area (Å²) in [6.07, 6.45) is 1.68. The molecular weight excluding hydrogens is 502 g/mol. The minimum atomic E-state index is -4.14. The molecule has 0 saturated heterocycles. The number of aryl methyl sites for hydroxylation is 3. The van der Waals surface area contributed by atoms with Crippen LogP contribution in [-0.4, -0.2) is 37.6 Å². The molecule has 1 aliphatic carbocycles. The number of rotatable bonds is 9. The quantitative estimate of drug-likeness (QED) is 0.312. The van der Waals surface area contributed by atoms with E-state index in [9.17, 15) is 23.1 Å². The molecule has 9 heteroatoms. The van der Waals surface area contributed by atoms with E-state index in [4.69, 9.17) is 0 Å². The first kappa shape index (κ1) is 27.3. The van der Waals surface area contributed by atoms with Crippen LogP contribution in [0.1, 0.15) is 40.7 Å². The maximum Gasteiger partial charge on any atom is 0.322 e. The summed E-state index contributed by atoms with van der Waals surface area (Å²) >= 11 is 0. The number of carbonyl (C=O) groups excluding carboxylic acids is 1. The van der Waals surface area contributed by atoms with Gasteiger partial charge in [0, 0.05) is 18.2 Å². The van der Waals surface area contributed by atoms with Crippen LogP contribution in [0.2, 0.25) is 0 Å². The first-order valence-corrected chi connectivity index (χ1v) is 14.0. The molecule has 0 bridgehead atoms. The van der Waals surface area contributed by atoms with E-state index in [2.05, 4.69) is 15.4 Å². The Hall–Kier alpha value is -3.69. The molecule has 38 heavy (non-hydrogen) atoms. The van der Waals surface area contributed by atoms with Gasteiger partial charge in [0.2, 0.25) is 10.0 Å². The standard InChI is InChI=1S/C29H33N3O5S/c1-17-14-18(2)27(19(3)15-17)38(36,37)32-25(28(33)34)16-22-10-13-24(21-8-6-5-7-9-21)20(4)26(22)31-29(35)30-23-11-12-23/h5-10,13-15,23,25,32H,11-12,16H2,1-4H3,(H,33,34)(H2,30,31,35). The Kier molecular flexibility index (Phi) is 7.89. The van der Waals surface area contributed by atoms with Gasteiger partial charge in [-0.2, -0.15) is 4.72 Å². The lowest BCUT2D eigenvalue weighted by Gasteiger charge is -2.21. The van der Waals surface area contributed by atoms with Crippen molar-refractivity contribution in [2.24, 2.45) is 0 Å². The first-order chi connectivity index (χ1) is 18.0. The normalized spacial score (nSPS) is 14.1. The lowest BCUT2D eigenvalue weighted by atomic mass is 9.93. The van der Waals surface area contributed by atoms with Crippen molar-refractivity contribution >= 4 is 27.7 Å². The summed E-state index contributed by atoms with van der Waals surface area (Å²) in [7, 11) is -4.14. The molecule has 1 unspecified atom stereocenters. The van der Waals surface area contributed by atoms with Crippen molar-refractivity contribution in [3.63, 3.8) is 0 Å². The highest BCUT2D eigenvalue weighted by Gasteiger charge is 2.30. The summed E-state index contributed by atoms with van der Waals surface area (Å²) in [5.41, 5.74) is 5.58. The number of anilines is 1. The van der Waals surface area contributed by atoms with Crippen molar-refractivity contribution < 1.29 is 23.1 Å². The molecule has 1 atom stereocenters. The SMILES string of the molecule is Cc1cc(C)c(S(=O)(=O)NC(Cc2ccc(-c3ccccc3)c(C)c2NC(=O)NC2CC2)C(=O)O)c(C)c1. The topological polar surface area (TPSA) is 125 Å². The average molecular weight is 536 g/mol. The fourth-order valence-corrected chi connectivity index (χ4v) is 6.48. The highest BCUT2D eigenvalue weighted by Crippen LogP contribution is 2.33. The average Bonchev–Trinajstić information content (AvgIpc) is 3.64. The van der Waals surface area contributed by atoms with Gasteiger partial charge in [-0.15, -0.1) is 0 Å². The number of benzene rings is 3. The zero-order valence-corrected chi connectivity index (χ0v) is 22.8. The Labute approximate surface area is 223 Å². The van der Waals surface area contributed by atoms with Gasteiger partial charge in [-0.05, 0) is 73.9 Å². The molecule has 3 aromatic carbocycles. The van der Waals surface area contributed by atoms with E-state index in [-0.39, 0.29) is 23.4 Å². The van der Waals surface area contributed by atoms with Crippen LogP contribution >= 0.6 is 0 Å². The van der Waals surface area contributed by atoms with Gasteiger partial charge in [0.1, 0.15) is 6.04 Å². The van der Waals surface area contributed by atoms with Crippen LogP contribution in [0, 0.1) is 27.7 Å². The summed E-state index contributed by atoms with van der Waals surface area (Å²) in [4.78, 5) is 25.0. The molecule has 1 saturated carbocycles. The number of carboxylic acid groups (broad SMARTS) is 1. The Bertz CT molecular complexity index is 1460. The molecule has 0 aromatic heterocycles. The van der Waals surface area contributed by atoms with Crippen LogP contribution in [0.5, 0.6) is 0 Å².